The molecule has 0 spiro atoms. The summed E-state index contributed by atoms with van der Waals surface area (Å²) in [6.07, 6.45) is 3.97. The summed E-state index contributed by atoms with van der Waals surface area (Å²) in [5.74, 6) is -0.260. The van der Waals surface area contributed by atoms with Gasteiger partial charge in [0.2, 0.25) is 5.91 Å². The van der Waals surface area contributed by atoms with Crippen molar-refractivity contribution in [2.45, 2.75) is 52.2 Å². The van der Waals surface area contributed by atoms with Gasteiger partial charge >= 0.3 is 0 Å². The number of aryl methyl sites for hydroxylation is 1. The van der Waals surface area contributed by atoms with Crippen molar-refractivity contribution in [3.8, 4) is 11.3 Å². The van der Waals surface area contributed by atoms with E-state index in [9.17, 15) is 14.0 Å². The van der Waals surface area contributed by atoms with Gasteiger partial charge in [0.1, 0.15) is 12.0 Å². The summed E-state index contributed by atoms with van der Waals surface area (Å²) >= 11 is 0. The quantitative estimate of drug-likeness (QED) is 0.710. The van der Waals surface area contributed by atoms with Crippen LogP contribution in [0.15, 0.2) is 30.5 Å². The van der Waals surface area contributed by atoms with Crippen molar-refractivity contribution < 1.29 is 14.0 Å². The number of carbonyl (C=O) groups is 2. The largest absolute Gasteiger partial charge is 0.351 e. The Morgan fingerprint density at radius 3 is 2.39 bits per heavy atom. The molecule has 170 valence electrons. The van der Waals surface area contributed by atoms with E-state index in [1.807, 2.05) is 52.1 Å². The van der Waals surface area contributed by atoms with Gasteiger partial charge in [0.05, 0.1) is 18.3 Å². The fourth-order valence-corrected chi connectivity index (χ4v) is 3.27. The number of aldehydes is 1. The van der Waals surface area contributed by atoms with Gasteiger partial charge in [-0.3, -0.25) is 14.4 Å². The van der Waals surface area contributed by atoms with Crippen LogP contribution < -0.4 is 11.1 Å². The molecule has 1 amide bonds. The van der Waals surface area contributed by atoms with Crippen LogP contribution in [0.2, 0.25) is 0 Å². The van der Waals surface area contributed by atoms with E-state index in [2.05, 4.69) is 15.3 Å². The van der Waals surface area contributed by atoms with Crippen molar-refractivity contribution in [1.82, 2.24) is 20.0 Å². The molecule has 1 aromatic carbocycles. The highest BCUT2D eigenvalue weighted by Crippen LogP contribution is 2.22. The molecule has 1 aromatic heterocycles. The molecule has 0 saturated carbocycles. The zero-order valence-corrected chi connectivity index (χ0v) is 19.1. The Labute approximate surface area is 183 Å². The average Bonchev–Trinajstić information content (AvgIpc) is 3.30. The second-order valence-electron chi connectivity index (χ2n) is 9.05. The van der Waals surface area contributed by atoms with E-state index < -0.39 is 0 Å². The maximum atomic E-state index is 13.7. The summed E-state index contributed by atoms with van der Waals surface area (Å²) in [5.41, 5.74) is 7.53. The van der Waals surface area contributed by atoms with Crippen LogP contribution in [0.1, 0.15) is 39.2 Å². The van der Waals surface area contributed by atoms with Gasteiger partial charge in [-0.25, -0.2) is 4.39 Å². The fourth-order valence-electron chi connectivity index (χ4n) is 3.27. The highest BCUT2D eigenvalue weighted by molar-refractivity contribution is 5.82. The third kappa shape index (κ3) is 6.70. The third-order valence-electron chi connectivity index (χ3n) is 5.56. The summed E-state index contributed by atoms with van der Waals surface area (Å²) in [6.45, 7) is 7.27. The number of likely N-dealkylation sites (tertiary alicyclic amines) is 1. The van der Waals surface area contributed by atoms with E-state index in [4.69, 9.17) is 5.73 Å². The molecular formula is C23H34FN5O2. The number of aromatic nitrogens is 2. The van der Waals surface area contributed by atoms with Gasteiger partial charge in [0, 0.05) is 19.2 Å². The Bertz CT molecular complexity index is 854. The molecule has 8 heteroatoms. The van der Waals surface area contributed by atoms with Crippen molar-refractivity contribution in [2.75, 3.05) is 13.6 Å². The van der Waals surface area contributed by atoms with Crippen LogP contribution in [0, 0.1) is 11.2 Å². The lowest BCUT2D eigenvalue weighted by Crippen LogP contribution is -2.41. The summed E-state index contributed by atoms with van der Waals surface area (Å²) in [6, 6.07) is 7.16. The zero-order valence-electron chi connectivity index (χ0n) is 19.1. The van der Waals surface area contributed by atoms with Gasteiger partial charge in [-0.1, -0.05) is 45.0 Å². The van der Waals surface area contributed by atoms with Gasteiger partial charge in [-0.05, 0) is 37.4 Å². The third-order valence-corrected chi connectivity index (χ3v) is 5.56. The highest BCUT2D eigenvalue weighted by atomic mass is 19.1. The number of hydrogen-bond donors (Lipinski definition) is 2. The van der Waals surface area contributed by atoms with Crippen LogP contribution in [0.4, 0.5) is 4.39 Å². The molecule has 31 heavy (non-hydrogen) atoms. The van der Waals surface area contributed by atoms with Gasteiger partial charge in [-0.2, -0.15) is 5.10 Å². The standard InChI is InChI=1S/C17H21FN4O.C6H13NO/c1-21-9-3-4-15(21)17(23)19-10-12-5-7-13(8-6-12)16-14(18)11-20-22(16)2;1-6(2,3)5(7)4-8/h5-8,11,15H,3-4,9-10H2,1-2H3,(H,19,23);4-5H,7H2,1-3H3. The minimum absolute atomic E-state index is 0.0159. The topological polar surface area (TPSA) is 93.2 Å². The van der Waals surface area contributed by atoms with Crippen LogP contribution in [0.25, 0.3) is 11.3 Å². The molecule has 2 atom stereocenters. The maximum absolute atomic E-state index is 13.7. The zero-order chi connectivity index (χ0) is 23.2. The van der Waals surface area contributed by atoms with Crippen LogP contribution >= 0.6 is 0 Å². The van der Waals surface area contributed by atoms with E-state index >= 15 is 0 Å². The fraction of sp³-hybridized carbons (Fsp3) is 0.522. The van der Waals surface area contributed by atoms with Gasteiger partial charge < -0.3 is 15.8 Å². The molecule has 1 aliphatic rings. The van der Waals surface area contributed by atoms with Crippen molar-refractivity contribution in [3.05, 3.63) is 41.8 Å². The molecule has 0 bridgehead atoms. The Morgan fingerprint density at radius 2 is 1.97 bits per heavy atom. The SMILES string of the molecule is CC(C)(C)C(N)C=O.CN1CCCC1C(=O)NCc1ccc(-c2c(F)cnn2C)cc1. The predicted molar refractivity (Wildman–Crippen MR) is 120 cm³/mol. The van der Waals surface area contributed by atoms with Crippen LogP contribution in [0.5, 0.6) is 0 Å². The van der Waals surface area contributed by atoms with E-state index in [-0.39, 0.29) is 29.2 Å². The number of amides is 1. The normalized spacial score (nSPS) is 17.6. The number of nitrogens with zero attached hydrogens (tertiary/aromatic N) is 3. The van der Waals surface area contributed by atoms with E-state index in [0.717, 1.165) is 36.8 Å². The molecule has 2 heterocycles. The maximum Gasteiger partial charge on any atom is 0.237 e. The monoisotopic (exact) mass is 431 g/mol. The second-order valence-corrected chi connectivity index (χ2v) is 9.05. The molecule has 3 rings (SSSR count). The highest BCUT2D eigenvalue weighted by Gasteiger charge is 2.27. The second kappa shape index (κ2) is 10.6. The Kier molecular flexibility index (Phi) is 8.47. The number of hydrogen-bond acceptors (Lipinski definition) is 5. The average molecular weight is 432 g/mol. The summed E-state index contributed by atoms with van der Waals surface area (Å²) in [4.78, 5) is 24.3. The van der Waals surface area contributed by atoms with Crippen LogP contribution in [0.3, 0.4) is 0 Å². The van der Waals surface area contributed by atoms with Crippen molar-refractivity contribution in [2.24, 2.45) is 18.2 Å². The smallest absolute Gasteiger partial charge is 0.237 e. The predicted octanol–water partition coefficient (Wildman–Crippen LogP) is 2.50. The summed E-state index contributed by atoms with van der Waals surface area (Å²) < 4.78 is 15.2. The van der Waals surface area contributed by atoms with Crippen LogP contribution in [-0.4, -0.2) is 52.5 Å². The number of halogens is 1. The Morgan fingerprint density at radius 1 is 1.32 bits per heavy atom. The molecule has 0 radical (unpaired) electrons. The molecule has 2 unspecified atom stereocenters. The van der Waals surface area contributed by atoms with Crippen molar-refractivity contribution in [1.29, 1.82) is 0 Å². The number of benzene rings is 1. The summed E-state index contributed by atoms with van der Waals surface area (Å²) in [7, 11) is 3.69. The number of likely N-dealkylation sites (N-methyl/N-ethyl adjacent to an activating group) is 1. The van der Waals surface area contributed by atoms with E-state index in [1.165, 1.54) is 10.9 Å². The number of nitrogens with one attached hydrogen (secondary N) is 1. The lowest BCUT2D eigenvalue weighted by Gasteiger charge is -2.20. The number of rotatable bonds is 5. The summed E-state index contributed by atoms with van der Waals surface area (Å²) in [5, 5.41) is 6.88. The molecule has 1 fully saturated rings. The Hall–Kier alpha value is -2.58. The molecule has 1 saturated heterocycles. The molecular weight excluding hydrogens is 397 g/mol. The van der Waals surface area contributed by atoms with E-state index in [0.29, 0.717) is 12.2 Å². The van der Waals surface area contributed by atoms with Gasteiger partial charge in [0.25, 0.3) is 0 Å². The first-order valence-electron chi connectivity index (χ1n) is 10.5. The first kappa shape index (κ1) is 24.7. The first-order chi connectivity index (χ1) is 14.5. The minimum Gasteiger partial charge on any atom is -0.351 e. The van der Waals surface area contributed by atoms with Gasteiger partial charge in [0.15, 0.2) is 5.82 Å². The minimum atomic E-state index is -0.335. The number of nitrogens with two attached hydrogens (primary N) is 1. The van der Waals surface area contributed by atoms with Crippen LogP contribution in [-0.2, 0) is 23.2 Å². The molecule has 3 N–H and O–H groups in total. The van der Waals surface area contributed by atoms with Crippen molar-refractivity contribution in [3.63, 3.8) is 0 Å². The van der Waals surface area contributed by atoms with Gasteiger partial charge in [-0.15, -0.1) is 0 Å². The molecule has 7 nitrogen and oxygen atoms in total. The lowest BCUT2D eigenvalue weighted by atomic mass is 9.89. The first-order valence-corrected chi connectivity index (χ1v) is 10.5. The van der Waals surface area contributed by atoms with Crippen molar-refractivity contribution >= 4 is 12.2 Å². The number of carbonyl (C=O) groups excluding carboxylic acids is 2. The molecule has 2 aromatic rings. The Balaban J connectivity index is 0.000000366. The van der Waals surface area contributed by atoms with E-state index in [1.54, 1.807) is 7.05 Å². The molecule has 1 aliphatic heterocycles. The molecule has 0 aliphatic carbocycles. The lowest BCUT2D eigenvalue weighted by molar-refractivity contribution is -0.125.